The van der Waals surface area contributed by atoms with Gasteiger partial charge in [0, 0.05) is 12.1 Å². The van der Waals surface area contributed by atoms with E-state index in [1.807, 2.05) is 51.1 Å². The molecule has 0 aliphatic carbocycles. The van der Waals surface area contributed by atoms with Crippen LogP contribution >= 0.6 is 0 Å². The normalized spacial score (nSPS) is 12.1. The van der Waals surface area contributed by atoms with Gasteiger partial charge in [-0.25, -0.2) is 9.83 Å². The number of benzene rings is 1. The number of hydrogen-bond acceptors (Lipinski definition) is 4. The summed E-state index contributed by atoms with van der Waals surface area (Å²) in [5, 5.41) is 0. The minimum atomic E-state index is -0.301. The van der Waals surface area contributed by atoms with Crippen molar-refractivity contribution in [3.05, 3.63) is 75.8 Å². The lowest BCUT2D eigenvalue weighted by molar-refractivity contribution is -0.123. The zero-order chi connectivity index (χ0) is 20.3. The molecule has 0 spiro atoms. The molecule has 0 saturated heterocycles. The van der Waals surface area contributed by atoms with Gasteiger partial charge in [-0.3, -0.25) is 19.1 Å². The van der Waals surface area contributed by atoms with Gasteiger partial charge in [0.15, 0.2) is 5.52 Å². The van der Waals surface area contributed by atoms with Crippen LogP contribution in [0.5, 0.6) is 0 Å². The Morgan fingerprint density at radius 2 is 1.93 bits per heavy atom. The second-order valence-corrected chi connectivity index (χ2v) is 7.25. The average Bonchev–Trinajstić information content (AvgIpc) is 2.70. The van der Waals surface area contributed by atoms with Gasteiger partial charge in [0.1, 0.15) is 11.6 Å². The summed E-state index contributed by atoms with van der Waals surface area (Å²) in [4.78, 5) is 37.9. The topological polar surface area (TPSA) is 69.2 Å². The largest absolute Gasteiger partial charge is 0.299 e. The average molecular weight is 374 g/mol. The van der Waals surface area contributed by atoms with Gasteiger partial charge in [0.2, 0.25) is 5.69 Å². The Morgan fingerprint density at radius 1 is 1.21 bits per heavy atom. The molecule has 28 heavy (non-hydrogen) atoms. The molecule has 2 aromatic heterocycles. The predicted molar refractivity (Wildman–Crippen MR) is 108 cm³/mol. The number of fused-ring (bicyclic) bond motifs is 1. The first-order chi connectivity index (χ1) is 13.4. The quantitative estimate of drug-likeness (QED) is 0.616. The second kappa shape index (κ2) is 8.13. The summed E-state index contributed by atoms with van der Waals surface area (Å²) >= 11 is 0. The molecule has 1 aromatic carbocycles. The SMILES string of the molecule is [C-]#[N+]c1cnc2c(=O)n(Cc3ccccc3)c(CC(=O)C(C)C(C)C)nc2c1. The Balaban J connectivity index is 2.14. The molecular formula is C22H22N4O2. The van der Waals surface area contributed by atoms with Crippen molar-refractivity contribution in [2.75, 3.05) is 0 Å². The van der Waals surface area contributed by atoms with E-state index in [0.717, 1.165) is 5.56 Å². The first-order valence-corrected chi connectivity index (χ1v) is 9.24. The van der Waals surface area contributed by atoms with Gasteiger partial charge in [-0.1, -0.05) is 51.1 Å². The molecule has 0 fully saturated rings. The summed E-state index contributed by atoms with van der Waals surface area (Å²) in [6.07, 6.45) is 1.44. The molecule has 6 heteroatoms. The van der Waals surface area contributed by atoms with E-state index in [0.29, 0.717) is 23.6 Å². The Kier molecular flexibility index (Phi) is 5.65. The Bertz CT molecular complexity index is 1110. The van der Waals surface area contributed by atoms with Gasteiger partial charge in [-0.15, -0.1) is 0 Å². The van der Waals surface area contributed by atoms with Crippen LogP contribution in [0.15, 0.2) is 47.4 Å². The predicted octanol–water partition coefficient (Wildman–Crippen LogP) is 3.79. The van der Waals surface area contributed by atoms with Crippen molar-refractivity contribution in [1.29, 1.82) is 0 Å². The van der Waals surface area contributed by atoms with Crippen LogP contribution in [0, 0.1) is 18.4 Å². The van der Waals surface area contributed by atoms with Crippen molar-refractivity contribution in [2.45, 2.75) is 33.7 Å². The molecule has 3 aromatic rings. The third-order valence-electron chi connectivity index (χ3n) is 5.01. The highest BCUT2D eigenvalue weighted by molar-refractivity contribution is 5.83. The number of hydrogen-bond donors (Lipinski definition) is 0. The summed E-state index contributed by atoms with van der Waals surface area (Å²) in [5.74, 6) is 0.517. The van der Waals surface area contributed by atoms with Gasteiger partial charge in [-0.05, 0) is 17.5 Å². The molecule has 2 heterocycles. The maximum atomic E-state index is 13.1. The molecule has 0 bridgehead atoms. The standard InChI is InChI=1S/C22H22N4O2/c1-14(2)15(3)19(27)11-20-25-18-10-17(23-4)12-24-21(18)22(28)26(20)13-16-8-6-5-7-9-16/h5-10,12,14-15H,11,13H2,1-3H3. The summed E-state index contributed by atoms with van der Waals surface area (Å²) in [6, 6.07) is 11.1. The van der Waals surface area contributed by atoms with Gasteiger partial charge in [0.25, 0.3) is 5.56 Å². The van der Waals surface area contributed by atoms with Gasteiger partial charge in [0.05, 0.1) is 25.1 Å². The first-order valence-electron chi connectivity index (χ1n) is 9.24. The highest BCUT2D eigenvalue weighted by atomic mass is 16.1. The van der Waals surface area contributed by atoms with E-state index in [1.54, 1.807) is 6.07 Å². The van der Waals surface area contributed by atoms with Crippen molar-refractivity contribution >= 4 is 22.5 Å². The first kappa shape index (κ1) is 19.4. The van der Waals surface area contributed by atoms with E-state index in [9.17, 15) is 9.59 Å². The van der Waals surface area contributed by atoms with Gasteiger partial charge in [-0.2, -0.15) is 0 Å². The van der Waals surface area contributed by atoms with Crippen molar-refractivity contribution in [2.24, 2.45) is 11.8 Å². The van der Waals surface area contributed by atoms with Crippen molar-refractivity contribution in [3.8, 4) is 0 Å². The van der Waals surface area contributed by atoms with Crippen molar-refractivity contribution < 1.29 is 4.79 Å². The third-order valence-corrected chi connectivity index (χ3v) is 5.01. The molecular weight excluding hydrogens is 352 g/mol. The summed E-state index contributed by atoms with van der Waals surface area (Å²) in [7, 11) is 0. The molecule has 1 unspecified atom stereocenters. The van der Waals surface area contributed by atoms with Crippen LogP contribution in [0.4, 0.5) is 5.69 Å². The Hall–Kier alpha value is -3.33. The fourth-order valence-corrected chi connectivity index (χ4v) is 2.95. The van der Waals surface area contributed by atoms with Crippen LogP contribution in [0.3, 0.4) is 0 Å². The number of Topliss-reactive ketones (excluding diaryl/α,β-unsaturated/α-hetero) is 1. The number of aromatic nitrogens is 3. The van der Waals surface area contributed by atoms with Crippen LogP contribution in [-0.4, -0.2) is 20.3 Å². The molecule has 0 N–H and O–H groups in total. The zero-order valence-electron chi connectivity index (χ0n) is 16.2. The monoisotopic (exact) mass is 374 g/mol. The summed E-state index contributed by atoms with van der Waals surface area (Å²) in [6.45, 7) is 13.4. The van der Waals surface area contributed by atoms with E-state index >= 15 is 0 Å². The lowest BCUT2D eigenvalue weighted by Gasteiger charge is -2.17. The molecule has 0 aliphatic heterocycles. The van der Waals surface area contributed by atoms with Crippen LogP contribution in [0.1, 0.15) is 32.2 Å². The van der Waals surface area contributed by atoms with Gasteiger partial charge >= 0.3 is 0 Å². The zero-order valence-corrected chi connectivity index (χ0v) is 16.2. The number of carbonyl (C=O) groups excluding carboxylic acids is 1. The number of rotatable bonds is 6. The number of ketones is 1. The number of pyridine rings is 1. The maximum Gasteiger partial charge on any atom is 0.280 e. The molecule has 1 atom stereocenters. The minimum Gasteiger partial charge on any atom is -0.299 e. The lowest BCUT2D eigenvalue weighted by atomic mass is 9.92. The van der Waals surface area contributed by atoms with E-state index < -0.39 is 0 Å². The van der Waals surface area contributed by atoms with Crippen LogP contribution < -0.4 is 5.56 Å². The molecule has 0 saturated carbocycles. The second-order valence-electron chi connectivity index (χ2n) is 7.25. The summed E-state index contributed by atoms with van der Waals surface area (Å²) < 4.78 is 1.52. The molecule has 3 rings (SSSR count). The van der Waals surface area contributed by atoms with Gasteiger partial charge < -0.3 is 0 Å². The highest BCUT2D eigenvalue weighted by Crippen LogP contribution is 2.18. The molecule has 0 aliphatic rings. The van der Waals surface area contributed by atoms with Crippen molar-refractivity contribution in [3.63, 3.8) is 0 Å². The highest BCUT2D eigenvalue weighted by Gasteiger charge is 2.21. The minimum absolute atomic E-state index is 0.0392. The Labute approximate surface area is 163 Å². The molecule has 142 valence electrons. The van der Waals surface area contributed by atoms with E-state index in [2.05, 4.69) is 14.8 Å². The molecule has 6 nitrogen and oxygen atoms in total. The van der Waals surface area contributed by atoms with E-state index in [4.69, 9.17) is 6.57 Å². The van der Waals surface area contributed by atoms with E-state index in [-0.39, 0.29) is 35.1 Å². The molecule has 0 amide bonds. The summed E-state index contributed by atoms with van der Waals surface area (Å²) in [5.41, 5.74) is 1.51. The number of carbonyl (C=O) groups is 1. The maximum absolute atomic E-state index is 13.1. The smallest absolute Gasteiger partial charge is 0.280 e. The van der Waals surface area contributed by atoms with E-state index in [1.165, 1.54) is 10.8 Å². The number of nitrogens with zero attached hydrogens (tertiary/aromatic N) is 4. The van der Waals surface area contributed by atoms with Crippen LogP contribution in [-0.2, 0) is 17.8 Å². The fraction of sp³-hybridized carbons (Fsp3) is 0.318. The van der Waals surface area contributed by atoms with Crippen LogP contribution in [0.2, 0.25) is 0 Å². The fourth-order valence-electron chi connectivity index (χ4n) is 2.95. The van der Waals surface area contributed by atoms with Crippen LogP contribution in [0.25, 0.3) is 15.9 Å². The Morgan fingerprint density at radius 3 is 2.57 bits per heavy atom. The third kappa shape index (κ3) is 3.99. The van der Waals surface area contributed by atoms with Crippen molar-refractivity contribution in [1.82, 2.24) is 14.5 Å². The lowest BCUT2D eigenvalue weighted by Crippen LogP contribution is -2.29. The molecule has 0 radical (unpaired) electrons.